The second kappa shape index (κ2) is 3.12. The highest BCUT2D eigenvalue weighted by atomic mass is 16.7. The van der Waals surface area contributed by atoms with Crippen LogP contribution in [0.5, 0.6) is 17.2 Å². The summed E-state index contributed by atoms with van der Waals surface area (Å²) in [5, 5.41) is 20.1. The summed E-state index contributed by atoms with van der Waals surface area (Å²) in [6.45, 7) is -0.216. The molecule has 0 saturated carbocycles. The molecule has 1 aromatic rings. The summed E-state index contributed by atoms with van der Waals surface area (Å²) in [7, 11) is 0. The summed E-state index contributed by atoms with van der Waals surface area (Å²) in [4.78, 5) is 20.4. The molecular formula is C8H5NO6. The molecule has 0 amide bonds. The minimum Gasteiger partial charge on any atom is -0.504 e. The third-order valence-electron chi connectivity index (χ3n) is 1.95. The van der Waals surface area contributed by atoms with Crippen molar-refractivity contribution in [1.82, 2.24) is 0 Å². The van der Waals surface area contributed by atoms with Gasteiger partial charge >= 0.3 is 5.69 Å². The Morgan fingerprint density at radius 1 is 1.47 bits per heavy atom. The van der Waals surface area contributed by atoms with E-state index in [2.05, 4.69) is 0 Å². The number of nitro groups is 1. The summed E-state index contributed by atoms with van der Waals surface area (Å²) >= 11 is 0. The molecule has 1 N–H and O–H groups in total. The zero-order valence-electron chi connectivity index (χ0n) is 7.30. The summed E-state index contributed by atoms with van der Waals surface area (Å²) < 4.78 is 9.66. The Labute approximate surface area is 83.0 Å². The van der Waals surface area contributed by atoms with Gasteiger partial charge in [-0.15, -0.1) is 0 Å². The fourth-order valence-corrected chi connectivity index (χ4v) is 1.28. The molecule has 0 aromatic heterocycles. The van der Waals surface area contributed by atoms with Crippen molar-refractivity contribution in [3.63, 3.8) is 0 Å². The van der Waals surface area contributed by atoms with E-state index in [1.807, 2.05) is 0 Å². The van der Waals surface area contributed by atoms with Crippen LogP contribution in [0.25, 0.3) is 0 Å². The number of carbonyl (C=O) groups excluding carboxylic acids is 1. The van der Waals surface area contributed by atoms with Gasteiger partial charge in [0.15, 0.2) is 12.0 Å². The first kappa shape index (κ1) is 9.25. The number of hydrogen-bond acceptors (Lipinski definition) is 6. The number of carbonyl (C=O) groups is 1. The lowest BCUT2D eigenvalue weighted by Crippen LogP contribution is -1.95. The fraction of sp³-hybridized carbons (Fsp3) is 0.125. The van der Waals surface area contributed by atoms with E-state index in [-0.39, 0.29) is 23.9 Å². The first-order valence-corrected chi connectivity index (χ1v) is 3.90. The van der Waals surface area contributed by atoms with Gasteiger partial charge in [-0.25, -0.2) is 0 Å². The molecular weight excluding hydrogens is 206 g/mol. The quantitative estimate of drug-likeness (QED) is 0.442. The third kappa shape index (κ3) is 1.25. The van der Waals surface area contributed by atoms with E-state index in [9.17, 15) is 20.0 Å². The van der Waals surface area contributed by atoms with E-state index in [4.69, 9.17) is 9.47 Å². The number of aldehydes is 1. The highest BCUT2D eigenvalue weighted by Gasteiger charge is 2.31. The number of nitro benzene ring substituents is 1. The molecule has 0 unspecified atom stereocenters. The van der Waals surface area contributed by atoms with Crippen LogP contribution >= 0.6 is 0 Å². The van der Waals surface area contributed by atoms with Crippen LogP contribution in [-0.4, -0.2) is 23.1 Å². The number of phenolic OH excluding ortho intramolecular Hbond substituents is 1. The Bertz CT molecular complexity index is 455. The van der Waals surface area contributed by atoms with Gasteiger partial charge in [0.2, 0.25) is 18.3 Å². The average molecular weight is 211 g/mol. The van der Waals surface area contributed by atoms with Gasteiger partial charge in [-0.05, 0) is 0 Å². The van der Waals surface area contributed by atoms with Crippen molar-refractivity contribution in [3.05, 3.63) is 21.7 Å². The number of fused-ring (bicyclic) bond motifs is 1. The molecule has 7 heteroatoms. The number of hydrogen-bond donors (Lipinski definition) is 1. The molecule has 1 aromatic carbocycles. The van der Waals surface area contributed by atoms with Crippen LogP contribution in [0.1, 0.15) is 10.4 Å². The lowest BCUT2D eigenvalue weighted by molar-refractivity contribution is -0.385. The predicted molar refractivity (Wildman–Crippen MR) is 46.3 cm³/mol. The van der Waals surface area contributed by atoms with Crippen molar-refractivity contribution >= 4 is 12.0 Å². The minimum atomic E-state index is -0.708. The van der Waals surface area contributed by atoms with Crippen molar-refractivity contribution in [1.29, 1.82) is 0 Å². The molecule has 1 aliphatic rings. The van der Waals surface area contributed by atoms with E-state index in [1.54, 1.807) is 0 Å². The molecule has 15 heavy (non-hydrogen) atoms. The van der Waals surface area contributed by atoms with Crippen LogP contribution < -0.4 is 9.47 Å². The summed E-state index contributed by atoms with van der Waals surface area (Å²) in [5.41, 5.74) is -0.603. The van der Waals surface area contributed by atoms with E-state index in [1.165, 1.54) is 0 Å². The summed E-state index contributed by atoms with van der Waals surface area (Å²) in [6.07, 6.45) is 0.310. The highest BCUT2D eigenvalue weighted by molar-refractivity contribution is 5.85. The zero-order valence-corrected chi connectivity index (χ0v) is 7.30. The number of ether oxygens (including phenoxy) is 2. The SMILES string of the molecule is O=Cc1cc([N+](=O)[O-])c2c(c1O)OCO2. The Hall–Kier alpha value is -2.31. The molecule has 1 aliphatic heterocycles. The molecule has 78 valence electrons. The molecule has 1 heterocycles. The normalized spacial score (nSPS) is 12.5. The minimum absolute atomic E-state index is 0.150. The van der Waals surface area contributed by atoms with Gasteiger partial charge in [-0.3, -0.25) is 14.9 Å². The van der Waals surface area contributed by atoms with Crippen LogP contribution in [0.15, 0.2) is 6.07 Å². The second-order valence-electron chi connectivity index (χ2n) is 2.77. The Morgan fingerprint density at radius 2 is 2.13 bits per heavy atom. The Balaban J connectivity index is 2.72. The molecule has 0 bridgehead atoms. The van der Waals surface area contributed by atoms with Crippen molar-refractivity contribution < 1.29 is 24.3 Å². The number of aromatic hydroxyl groups is 1. The molecule has 7 nitrogen and oxygen atoms in total. The van der Waals surface area contributed by atoms with E-state index in [0.717, 1.165) is 6.07 Å². The molecule has 0 fully saturated rings. The van der Waals surface area contributed by atoms with Crippen LogP contribution in [0.3, 0.4) is 0 Å². The topological polar surface area (TPSA) is 98.9 Å². The summed E-state index contributed by atoms with van der Waals surface area (Å²) in [5.74, 6) is -0.752. The second-order valence-corrected chi connectivity index (χ2v) is 2.77. The van der Waals surface area contributed by atoms with Crippen LogP contribution in [0.4, 0.5) is 5.69 Å². The molecule has 0 aliphatic carbocycles. The van der Waals surface area contributed by atoms with Gasteiger partial charge in [0.05, 0.1) is 10.5 Å². The van der Waals surface area contributed by atoms with E-state index < -0.39 is 16.4 Å². The lowest BCUT2D eigenvalue weighted by Gasteiger charge is -2.02. The van der Waals surface area contributed by atoms with Gasteiger partial charge in [0.25, 0.3) is 0 Å². The van der Waals surface area contributed by atoms with Crippen LogP contribution in [0.2, 0.25) is 0 Å². The number of nitrogens with zero attached hydrogens (tertiary/aromatic N) is 1. The van der Waals surface area contributed by atoms with E-state index >= 15 is 0 Å². The largest absolute Gasteiger partial charge is 0.504 e. The maximum Gasteiger partial charge on any atom is 0.316 e. The first-order valence-electron chi connectivity index (χ1n) is 3.90. The van der Waals surface area contributed by atoms with Gasteiger partial charge in [-0.2, -0.15) is 0 Å². The van der Waals surface area contributed by atoms with Crippen molar-refractivity contribution in [2.45, 2.75) is 0 Å². The van der Waals surface area contributed by atoms with Crippen molar-refractivity contribution in [2.24, 2.45) is 0 Å². The number of rotatable bonds is 2. The van der Waals surface area contributed by atoms with E-state index in [0.29, 0.717) is 6.29 Å². The molecule has 2 rings (SSSR count). The lowest BCUT2D eigenvalue weighted by atomic mass is 10.1. The van der Waals surface area contributed by atoms with Crippen LogP contribution in [0, 0.1) is 10.1 Å². The predicted octanol–water partition coefficient (Wildman–Crippen LogP) is 0.842. The standard InChI is InChI=1S/C8H5NO6/c10-2-4-1-5(9(12)13)7-8(6(4)11)15-3-14-7/h1-2,11H,3H2. The molecule has 0 radical (unpaired) electrons. The highest BCUT2D eigenvalue weighted by Crippen LogP contribution is 2.48. The van der Waals surface area contributed by atoms with Gasteiger partial charge in [0.1, 0.15) is 0 Å². The molecule has 0 atom stereocenters. The number of benzene rings is 1. The average Bonchev–Trinajstić information content (AvgIpc) is 2.67. The van der Waals surface area contributed by atoms with Crippen LogP contribution in [-0.2, 0) is 0 Å². The molecule has 0 saturated heterocycles. The van der Waals surface area contributed by atoms with Gasteiger partial charge in [-0.1, -0.05) is 0 Å². The van der Waals surface area contributed by atoms with Crippen molar-refractivity contribution in [2.75, 3.05) is 6.79 Å². The number of phenols is 1. The monoisotopic (exact) mass is 211 g/mol. The third-order valence-corrected chi connectivity index (χ3v) is 1.95. The smallest absolute Gasteiger partial charge is 0.316 e. The fourth-order valence-electron chi connectivity index (χ4n) is 1.28. The maximum absolute atomic E-state index is 10.6. The summed E-state index contributed by atoms with van der Waals surface area (Å²) in [6, 6.07) is 0.940. The molecule has 0 spiro atoms. The zero-order chi connectivity index (χ0) is 11.0. The Morgan fingerprint density at radius 3 is 2.73 bits per heavy atom. The first-order chi connectivity index (χ1) is 7.15. The van der Waals surface area contributed by atoms with Gasteiger partial charge < -0.3 is 14.6 Å². The maximum atomic E-state index is 10.6. The van der Waals surface area contributed by atoms with Gasteiger partial charge in [0, 0.05) is 6.07 Å². The Kier molecular flexibility index (Phi) is 1.93. The van der Waals surface area contributed by atoms with Crippen molar-refractivity contribution in [3.8, 4) is 17.2 Å².